The van der Waals surface area contributed by atoms with Crippen LogP contribution in [-0.2, 0) is 11.3 Å². The standard InChI is InChI=1S/C28H31FN4O2/c1-3-35-28(34)20-6-7-24-17(2)26(31-33(24)16-20)25-13-21-12-22(29)14-23(19-8-10-30-11-9-19)27(21)32(25)15-18-4-5-18/h6-7,12-14,16,18-19,30H,3-5,8-11,15H2,1-2H3. The summed E-state index contributed by atoms with van der Waals surface area (Å²) in [7, 11) is 0. The van der Waals surface area contributed by atoms with Gasteiger partial charge in [-0.25, -0.2) is 13.7 Å². The third-order valence-electron chi connectivity index (χ3n) is 7.53. The number of rotatable bonds is 6. The SMILES string of the molecule is CCOC(=O)c1ccc2c(C)c(-c3cc4cc(F)cc(C5CCNCC5)c4n3CC3CC3)nn2c1. The van der Waals surface area contributed by atoms with Crippen LogP contribution in [0.25, 0.3) is 27.8 Å². The van der Waals surface area contributed by atoms with Gasteiger partial charge in [-0.15, -0.1) is 0 Å². The molecule has 0 bridgehead atoms. The molecule has 6 rings (SSSR count). The van der Waals surface area contributed by atoms with Crippen molar-refractivity contribution in [2.24, 2.45) is 5.92 Å². The molecule has 0 spiro atoms. The van der Waals surface area contributed by atoms with E-state index in [1.165, 1.54) is 12.8 Å². The average molecular weight is 475 g/mol. The van der Waals surface area contributed by atoms with Crippen LogP contribution in [0.2, 0.25) is 0 Å². The number of nitrogens with zero attached hydrogens (tertiary/aromatic N) is 3. The molecule has 4 aromatic rings. The van der Waals surface area contributed by atoms with E-state index in [0.29, 0.717) is 24.0 Å². The number of aromatic nitrogens is 3. The number of ether oxygens (including phenoxy) is 1. The number of hydrogen-bond donors (Lipinski definition) is 1. The summed E-state index contributed by atoms with van der Waals surface area (Å²) in [5.74, 6) is 0.480. The van der Waals surface area contributed by atoms with E-state index in [1.807, 2.05) is 6.07 Å². The Balaban J connectivity index is 1.53. The molecule has 0 atom stereocenters. The molecule has 1 aliphatic heterocycles. The van der Waals surface area contributed by atoms with E-state index in [2.05, 4.69) is 22.9 Å². The minimum absolute atomic E-state index is 0.174. The largest absolute Gasteiger partial charge is 0.462 e. The summed E-state index contributed by atoms with van der Waals surface area (Å²) in [6, 6.07) is 9.24. The van der Waals surface area contributed by atoms with Gasteiger partial charge >= 0.3 is 5.97 Å². The highest BCUT2D eigenvalue weighted by molar-refractivity contribution is 5.92. The summed E-state index contributed by atoms with van der Waals surface area (Å²) >= 11 is 0. The molecule has 6 nitrogen and oxygen atoms in total. The van der Waals surface area contributed by atoms with Gasteiger partial charge < -0.3 is 14.6 Å². The molecule has 1 aliphatic carbocycles. The number of carbonyl (C=O) groups is 1. The second kappa shape index (κ2) is 8.79. The number of nitrogens with one attached hydrogen (secondary N) is 1. The summed E-state index contributed by atoms with van der Waals surface area (Å²) in [6.07, 6.45) is 6.24. The molecule has 1 saturated heterocycles. The van der Waals surface area contributed by atoms with Gasteiger partial charge in [-0.2, -0.15) is 5.10 Å². The molecule has 1 saturated carbocycles. The second-order valence-corrected chi connectivity index (χ2v) is 9.98. The van der Waals surface area contributed by atoms with Crippen LogP contribution in [0.5, 0.6) is 0 Å². The number of esters is 1. The summed E-state index contributed by atoms with van der Waals surface area (Å²) < 4.78 is 24.1. The summed E-state index contributed by atoms with van der Waals surface area (Å²) in [6.45, 7) is 7.04. The Bertz CT molecular complexity index is 1430. The minimum Gasteiger partial charge on any atom is -0.462 e. The average Bonchev–Trinajstić information content (AvgIpc) is 3.54. The van der Waals surface area contributed by atoms with Gasteiger partial charge in [0.15, 0.2) is 0 Å². The molecule has 4 heterocycles. The molecule has 3 aromatic heterocycles. The lowest BCUT2D eigenvalue weighted by molar-refractivity contribution is 0.0525. The van der Waals surface area contributed by atoms with Crippen LogP contribution in [0.1, 0.15) is 60.0 Å². The molecule has 0 unspecified atom stereocenters. The van der Waals surface area contributed by atoms with Crippen molar-refractivity contribution in [2.45, 2.75) is 52.0 Å². The van der Waals surface area contributed by atoms with Crippen molar-refractivity contribution in [3.63, 3.8) is 0 Å². The fourth-order valence-corrected chi connectivity index (χ4v) is 5.55. The molecule has 2 aliphatic rings. The smallest absolute Gasteiger partial charge is 0.339 e. The van der Waals surface area contributed by atoms with Crippen LogP contribution >= 0.6 is 0 Å². The number of hydrogen-bond acceptors (Lipinski definition) is 4. The maximum atomic E-state index is 14.8. The Hall–Kier alpha value is -3.19. The quantitative estimate of drug-likeness (QED) is 0.377. The summed E-state index contributed by atoms with van der Waals surface area (Å²) in [5, 5.41) is 9.29. The van der Waals surface area contributed by atoms with Gasteiger partial charge in [0.05, 0.1) is 28.9 Å². The zero-order chi connectivity index (χ0) is 24.1. The first-order valence-corrected chi connectivity index (χ1v) is 12.7. The van der Waals surface area contributed by atoms with Crippen molar-refractivity contribution < 1.29 is 13.9 Å². The lowest BCUT2D eigenvalue weighted by Gasteiger charge is -2.25. The zero-order valence-electron chi connectivity index (χ0n) is 20.3. The molecular formula is C28H31FN4O2. The monoisotopic (exact) mass is 474 g/mol. The predicted molar refractivity (Wildman–Crippen MR) is 134 cm³/mol. The predicted octanol–water partition coefficient (Wildman–Crippen LogP) is 5.46. The maximum Gasteiger partial charge on any atom is 0.339 e. The Morgan fingerprint density at radius 3 is 2.71 bits per heavy atom. The molecule has 2 fully saturated rings. The van der Waals surface area contributed by atoms with E-state index in [4.69, 9.17) is 9.84 Å². The van der Waals surface area contributed by atoms with E-state index in [1.54, 1.807) is 35.8 Å². The van der Waals surface area contributed by atoms with Crippen LogP contribution in [-0.4, -0.2) is 39.8 Å². The molecule has 1 aromatic carbocycles. The summed E-state index contributed by atoms with van der Waals surface area (Å²) in [5.41, 5.74) is 6.64. The second-order valence-electron chi connectivity index (χ2n) is 9.98. The highest BCUT2D eigenvalue weighted by Crippen LogP contribution is 2.41. The van der Waals surface area contributed by atoms with Crippen LogP contribution in [0, 0.1) is 18.7 Å². The van der Waals surface area contributed by atoms with E-state index in [9.17, 15) is 9.18 Å². The third-order valence-corrected chi connectivity index (χ3v) is 7.53. The number of carbonyl (C=O) groups excluding carboxylic acids is 1. The number of fused-ring (bicyclic) bond motifs is 2. The van der Waals surface area contributed by atoms with Gasteiger partial charge in [0.1, 0.15) is 11.5 Å². The number of pyridine rings is 1. The number of piperidine rings is 1. The van der Waals surface area contributed by atoms with E-state index in [0.717, 1.165) is 71.4 Å². The van der Waals surface area contributed by atoms with Gasteiger partial charge in [-0.3, -0.25) is 0 Å². The minimum atomic E-state index is -0.353. The van der Waals surface area contributed by atoms with Crippen molar-refractivity contribution in [1.82, 2.24) is 19.5 Å². The highest BCUT2D eigenvalue weighted by atomic mass is 19.1. The van der Waals surface area contributed by atoms with E-state index in [-0.39, 0.29) is 11.8 Å². The van der Waals surface area contributed by atoms with Gasteiger partial charge in [0.2, 0.25) is 0 Å². The molecular weight excluding hydrogens is 443 g/mol. The fourth-order valence-electron chi connectivity index (χ4n) is 5.55. The lowest BCUT2D eigenvalue weighted by Crippen LogP contribution is -2.27. The maximum absolute atomic E-state index is 14.8. The topological polar surface area (TPSA) is 60.6 Å². The van der Waals surface area contributed by atoms with Gasteiger partial charge in [-0.05, 0) is 100 Å². The van der Waals surface area contributed by atoms with Crippen LogP contribution in [0.4, 0.5) is 4.39 Å². The van der Waals surface area contributed by atoms with Crippen LogP contribution in [0.15, 0.2) is 36.5 Å². The van der Waals surface area contributed by atoms with E-state index >= 15 is 0 Å². The van der Waals surface area contributed by atoms with Gasteiger partial charge in [0, 0.05) is 23.7 Å². The van der Waals surface area contributed by atoms with Gasteiger partial charge in [-0.1, -0.05) is 0 Å². The molecule has 7 heteroatoms. The van der Waals surface area contributed by atoms with Crippen molar-refractivity contribution in [3.05, 3.63) is 59.0 Å². The van der Waals surface area contributed by atoms with Crippen molar-refractivity contribution >= 4 is 22.4 Å². The molecule has 0 radical (unpaired) electrons. The molecule has 182 valence electrons. The Kier molecular flexibility index (Phi) is 5.60. The van der Waals surface area contributed by atoms with Gasteiger partial charge in [0.25, 0.3) is 0 Å². The zero-order valence-corrected chi connectivity index (χ0v) is 20.3. The van der Waals surface area contributed by atoms with Crippen molar-refractivity contribution in [3.8, 4) is 11.4 Å². The normalized spacial score (nSPS) is 16.9. The van der Waals surface area contributed by atoms with Crippen molar-refractivity contribution in [1.29, 1.82) is 0 Å². The lowest BCUT2D eigenvalue weighted by atomic mass is 9.89. The summed E-state index contributed by atoms with van der Waals surface area (Å²) in [4.78, 5) is 12.3. The first kappa shape index (κ1) is 22.3. The number of halogens is 1. The van der Waals surface area contributed by atoms with Crippen molar-refractivity contribution in [2.75, 3.05) is 19.7 Å². The van der Waals surface area contributed by atoms with Crippen LogP contribution in [0.3, 0.4) is 0 Å². The Morgan fingerprint density at radius 1 is 1.17 bits per heavy atom. The number of aryl methyl sites for hydroxylation is 1. The van der Waals surface area contributed by atoms with Crippen LogP contribution < -0.4 is 5.32 Å². The third kappa shape index (κ3) is 4.01. The Labute approximate surface area is 204 Å². The number of benzene rings is 1. The molecule has 35 heavy (non-hydrogen) atoms. The fraction of sp³-hybridized carbons (Fsp3) is 0.429. The molecule has 0 amide bonds. The highest BCUT2D eigenvalue weighted by Gasteiger charge is 2.28. The first-order chi connectivity index (χ1) is 17.0. The Morgan fingerprint density at radius 2 is 1.97 bits per heavy atom. The first-order valence-electron chi connectivity index (χ1n) is 12.7. The van der Waals surface area contributed by atoms with E-state index < -0.39 is 0 Å². The molecule has 1 N–H and O–H groups in total.